The normalized spacial score (nSPS) is 13.4. The summed E-state index contributed by atoms with van der Waals surface area (Å²) in [6.45, 7) is 2.64. The van der Waals surface area contributed by atoms with Gasteiger partial charge < -0.3 is 37.4 Å². The first-order chi connectivity index (χ1) is 19.9. The van der Waals surface area contributed by atoms with Gasteiger partial charge in [-0.2, -0.15) is 5.10 Å². The Bertz CT molecular complexity index is 1650. The van der Waals surface area contributed by atoms with Crippen LogP contribution in [0, 0.1) is 11.8 Å². The van der Waals surface area contributed by atoms with Gasteiger partial charge in [0.05, 0.1) is 12.2 Å². The van der Waals surface area contributed by atoms with Crippen LogP contribution in [0.15, 0.2) is 78.6 Å². The number of nitrogens with two attached hydrogens (primary N) is 3. The first kappa shape index (κ1) is 26.8. The van der Waals surface area contributed by atoms with Crippen molar-refractivity contribution in [1.82, 2.24) is 34.8 Å². The summed E-state index contributed by atoms with van der Waals surface area (Å²) in [6, 6.07) is 12.0. The zero-order valence-corrected chi connectivity index (χ0v) is 22.1. The molecular weight excluding hydrogens is 522 g/mol. The molecule has 1 fully saturated rings. The summed E-state index contributed by atoms with van der Waals surface area (Å²) in [6.07, 6.45) is 6.69. The molecule has 0 bridgehead atoms. The number of amides is 1. The van der Waals surface area contributed by atoms with E-state index in [-0.39, 0.29) is 29.7 Å². The number of hydrogen-bond acceptors (Lipinski definition) is 11. The molecule has 1 aliphatic rings. The Hall–Kier alpha value is -5.77. The highest BCUT2D eigenvalue weighted by Crippen LogP contribution is 2.24. The van der Waals surface area contributed by atoms with Gasteiger partial charge in [0.25, 0.3) is 5.91 Å². The zero-order valence-electron chi connectivity index (χ0n) is 22.1. The molecule has 41 heavy (non-hydrogen) atoms. The van der Waals surface area contributed by atoms with E-state index in [4.69, 9.17) is 17.2 Å². The molecule has 1 aliphatic heterocycles. The molecule has 0 radical (unpaired) electrons. The molecule has 0 spiro atoms. The number of para-hydroxylation sites is 1. The van der Waals surface area contributed by atoms with Gasteiger partial charge in [-0.3, -0.25) is 4.79 Å². The SMILES string of the molecule is NC(N)=C(/C=C(\N)c1ccccc1O)N1CCN(c2ccnc(C#CCNC(=O)c3cc4ncccn4n3)n2)CC1. The number of carbonyl (C=O) groups is 1. The maximum Gasteiger partial charge on any atom is 0.272 e. The largest absolute Gasteiger partial charge is 0.507 e. The first-order valence-electron chi connectivity index (χ1n) is 12.8. The van der Waals surface area contributed by atoms with E-state index in [1.807, 2.05) is 11.0 Å². The standard InChI is InChI=1S/C28H29N11O2/c29-20(19-5-1-2-6-23(19)40)17-22(27(30)31)37-13-15-38(16-14-37)25-8-11-32-24(35-25)7-3-9-34-28(41)21-18-26-33-10-4-12-39(26)36-21/h1-2,4-6,8,10-12,17-18,40H,9,13-16,29-31H2,(H,34,41)/b20-17-. The fourth-order valence-electron chi connectivity index (χ4n) is 4.34. The molecular formula is C28H29N11O2. The predicted octanol–water partition coefficient (Wildman–Crippen LogP) is 0.215. The number of benzene rings is 1. The lowest BCUT2D eigenvalue weighted by molar-refractivity contribution is 0.0953. The van der Waals surface area contributed by atoms with Gasteiger partial charge in [0, 0.05) is 62.1 Å². The number of allylic oxidation sites excluding steroid dienone is 1. The molecule has 0 atom stereocenters. The monoisotopic (exact) mass is 551 g/mol. The topological polar surface area (TPSA) is 190 Å². The lowest BCUT2D eigenvalue weighted by atomic mass is 10.1. The fourth-order valence-corrected chi connectivity index (χ4v) is 4.34. The summed E-state index contributed by atoms with van der Waals surface area (Å²) in [5.41, 5.74) is 20.5. The quantitative estimate of drug-likeness (QED) is 0.163. The van der Waals surface area contributed by atoms with Crippen LogP contribution in [0.2, 0.25) is 0 Å². The third-order valence-electron chi connectivity index (χ3n) is 6.39. The van der Waals surface area contributed by atoms with Crippen LogP contribution in [0.1, 0.15) is 21.9 Å². The molecule has 13 nitrogen and oxygen atoms in total. The van der Waals surface area contributed by atoms with Crippen molar-refractivity contribution in [3.63, 3.8) is 0 Å². The molecule has 4 aromatic rings. The minimum absolute atomic E-state index is 0.0791. The van der Waals surface area contributed by atoms with Gasteiger partial charge in [-0.05, 0) is 36.3 Å². The summed E-state index contributed by atoms with van der Waals surface area (Å²) in [7, 11) is 0. The number of aromatic hydroxyl groups is 1. The summed E-state index contributed by atoms with van der Waals surface area (Å²) in [4.78, 5) is 29.5. The van der Waals surface area contributed by atoms with Gasteiger partial charge in [-0.1, -0.05) is 18.1 Å². The van der Waals surface area contributed by atoms with Crippen LogP contribution >= 0.6 is 0 Å². The highest BCUT2D eigenvalue weighted by Gasteiger charge is 2.21. The van der Waals surface area contributed by atoms with Crippen molar-refractivity contribution < 1.29 is 9.90 Å². The van der Waals surface area contributed by atoms with E-state index in [9.17, 15) is 9.90 Å². The van der Waals surface area contributed by atoms with E-state index in [0.717, 1.165) is 5.82 Å². The Labute approximate surface area is 236 Å². The number of nitrogens with zero attached hydrogens (tertiary/aromatic N) is 7. The van der Waals surface area contributed by atoms with Gasteiger partial charge in [0.15, 0.2) is 11.3 Å². The van der Waals surface area contributed by atoms with Crippen molar-refractivity contribution >= 4 is 23.1 Å². The molecule has 1 aromatic carbocycles. The van der Waals surface area contributed by atoms with Gasteiger partial charge in [-0.15, -0.1) is 0 Å². The number of hydrogen-bond donors (Lipinski definition) is 5. The van der Waals surface area contributed by atoms with Crippen LogP contribution in [0.5, 0.6) is 5.75 Å². The summed E-state index contributed by atoms with van der Waals surface area (Å²) < 4.78 is 1.53. The molecule has 1 saturated heterocycles. The minimum atomic E-state index is -0.346. The van der Waals surface area contributed by atoms with Crippen molar-refractivity contribution in [1.29, 1.82) is 0 Å². The summed E-state index contributed by atoms with van der Waals surface area (Å²) in [5, 5.41) is 17.0. The van der Waals surface area contributed by atoms with E-state index in [1.165, 1.54) is 4.52 Å². The number of rotatable bonds is 6. The maximum absolute atomic E-state index is 12.4. The zero-order chi connectivity index (χ0) is 28.8. The van der Waals surface area contributed by atoms with Crippen molar-refractivity contribution in [2.24, 2.45) is 17.2 Å². The van der Waals surface area contributed by atoms with Crippen molar-refractivity contribution in [2.75, 3.05) is 37.6 Å². The molecule has 1 amide bonds. The second-order valence-corrected chi connectivity index (χ2v) is 9.11. The Morgan fingerprint density at radius 2 is 1.85 bits per heavy atom. The van der Waals surface area contributed by atoms with Crippen LogP contribution in [0.3, 0.4) is 0 Å². The number of phenolic OH excluding ortho intramolecular Hbond substituents is 1. The first-order valence-corrected chi connectivity index (χ1v) is 12.8. The second-order valence-electron chi connectivity index (χ2n) is 9.11. The van der Waals surface area contributed by atoms with E-state index in [0.29, 0.717) is 54.6 Å². The molecule has 3 aromatic heterocycles. The molecule has 0 aliphatic carbocycles. The van der Waals surface area contributed by atoms with Crippen molar-refractivity contribution in [3.8, 4) is 17.6 Å². The number of nitrogens with one attached hydrogen (secondary N) is 1. The van der Waals surface area contributed by atoms with Crippen LogP contribution in [-0.4, -0.2) is 73.2 Å². The predicted molar refractivity (Wildman–Crippen MR) is 154 cm³/mol. The number of phenols is 1. The van der Waals surface area contributed by atoms with E-state index < -0.39 is 0 Å². The summed E-state index contributed by atoms with van der Waals surface area (Å²) >= 11 is 0. The molecule has 8 N–H and O–H groups in total. The average Bonchev–Trinajstić information content (AvgIpc) is 3.43. The number of carbonyl (C=O) groups excluding carboxylic acids is 1. The van der Waals surface area contributed by atoms with Crippen LogP contribution in [0.25, 0.3) is 11.3 Å². The van der Waals surface area contributed by atoms with Crippen LogP contribution in [0.4, 0.5) is 5.82 Å². The third kappa shape index (κ3) is 6.28. The van der Waals surface area contributed by atoms with E-state index in [1.54, 1.807) is 61.1 Å². The molecule has 0 unspecified atom stereocenters. The van der Waals surface area contributed by atoms with Crippen LogP contribution < -0.4 is 27.4 Å². The molecule has 208 valence electrons. The second kappa shape index (κ2) is 12.0. The van der Waals surface area contributed by atoms with Crippen LogP contribution in [-0.2, 0) is 0 Å². The molecule has 0 saturated carbocycles. The Kier molecular flexibility index (Phi) is 7.82. The Morgan fingerprint density at radius 3 is 2.61 bits per heavy atom. The lowest BCUT2D eigenvalue weighted by Gasteiger charge is -2.37. The highest BCUT2D eigenvalue weighted by atomic mass is 16.3. The Morgan fingerprint density at radius 1 is 1.05 bits per heavy atom. The van der Waals surface area contributed by atoms with Crippen molar-refractivity contribution in [2.45, 2.75) is 0 Å². The number of anilines is 1. The molecule has 4 heterocycles. The molecule has 5 rings (SSSR count). The lowest BCUT2D eigenvalue weighted by Crippen LogP contribution is -2.47. The number of fused-ring (bicyclic) bond motifs is 1. The van der Waals surface area contributed by atoms with Gasteiger partial charge >= 0.3 is 0 Å². The van der Waals surface area contributed by atoms with E-state index >= 15 is 0 Å². The fraction of sp³-hybridized carbons (Fsp3) is 0.179. The molecule has 13 heteroatoms. The number of piperazine rings is 1. The smallest absolute Gasteiger partial charge is 0.272 e. The van der Waals surface area contributed by atoms with E-state index in [2.05, 4.69) is 42.1 Å². The van der Waals surface area contributed by atoms with Gasteiger partial charge in [0.1, 0.15) is 17.4 Å². The highest BCUT2D eigenvalue weighted by molar-refractivity contribution is 5.93. The minimum Gasteiger partial charge on any atom is -0.507 e. The number of aromatic nitrogens is 5. The summed E-state index contributed by atoms with van der Waals surface area (Å²) in [5.74, 6) is 6.74. The maximum atomic E-state index is 12.4. The van der Waals surface area contributed by atoms with Crippen molar-refractivity contribution in [3.05, 3.63) is 95.7 Å². The average molecular weight is 552 g/mol. The third-order valence-corrected chi connectivity index (χ3v) is 6.39. The Balaban J connectivity index is 1.18. The van der Waals surface area contributed by atoms with Gasteiger partial charge in [-0.25, -0.2) is 19.5 Å². The van der Waals surface area contributed by atoms with Gasteiger partial charge in [0.2, 0.25) is 5.82 Å².